The topological polar surface area (TPSA) is 97.3 Å². The summed E-state index contributed by atoms with van der Waals surface area (Å²) in [5.74, 6) is 1.51. The van der Waals surface area contributed by atoms with Crippen molar-refractivity contribution in [1.29, 1.82) is 5.26 Å². The maximum absolute atomic E-state index is 9.14. The molecule has 0 saturated carbocycles. The standard InChI is InChI=1S/C22H23N5O3/c1-28-11-12-29-21-18(7-3-9-24-21)20-25-22(30-26-20)19-8-4-10-27(19)15-17-6-2-5-16(13-17)14-23/h2-3,5-7,9,13,19H,4,8,10-12,15H2,1H3/t19-/m1/s1. The van der Waals surface area contributed by atoms with Crippen molar-refractivity contribution in [3.05, 3.63) is 59.6 Å². The van der Waals surface area contributed by atoms with Crippen molar-refractivity contribution in [2.75, 3.05) is 26.9 Å². The lowest BCUT2D eigenvalue weighted by atomic mass is 10.1. The van der Waals surface area contributed by atoms with Crippen LogP contribution in [0.2, 0.25) is 0 Å². The first-order valence-electron chi connectivity index (χ1n) is 9.92. The maximum Gasteiger partial charge on any atom is 0.244 e. The van der Waals surface area contributed by atoms with E-state index in [1.807, 2.05) is 36.4 Å². The summed E-state index contributed by atoms with van der Waals surface area (Å²) in [6, 6.07) is 13.6. The van der Waals surface area contributed by atoms with Crippen LogP contribution in [0.1, 0.15) is 35.9 Å². The predicted molar refractivity (Wildman–Crippen MR) is 108 cm³/mol. The van der Waals surface area contributed by atoms with Gasteiger partial charge in [0.15, 0.2) is 0 Å². The minimum absolute atomic E-state index is 0.0477. The molecule has 4 rings (SSSR count). The van der Waals surface area contributed by atoms with E-state index in [2.05, 4.69) is 26.1 Å². The third kappa shape index (κ3) is 4.48. The lowest BCUT2D eigenvalue weighted by molar-refractivity contribution is 0.144. The van der Waals surface area contributed by atoms with Crippen molar-refractivity contribution in [2.24, 2.45) is 0 Å². The smallest absolute Gasteiger partial charge is 0.244 e. The fraction of sp³-hybridized carbons (Fsp3) is 0.364. The molecule has 0 bridgehead atoms. The monoisotopic (exact) mass is 405 g/mol. The van der Waals surface area contributed by atoms with E-state index in [1.165, 1.54) is 0 Å². The van der Waals surface area contributed by atoms with Crippen molar-refractivity contribution in [2.45, 2.75) is 25.4 Å². The van der Waals surface area contributed by atoms with Gasteiger partial charge in [-0.15, -0.1) is 0 Å². The Morgan fingerprint density at radius 2 is 2.20 bits per heavy atom. The van der Waals surface area contributed by atoms with Gasteiger partial charge in [0.1, 0.15) is 6.61 Å². The zero-order valence-corrected chi connectivity index (χ0v) is 16.8. The summed E-state index contributed by atoms with van der Waals surface area (Å²) in [5.41, 5.74) is 2.46. The molecular weight excluding hydrogens is 382 g/mol. The molecular formula is C22H23N5O3. The number of rotatable bonds is 8. The Morgan fingerprint density at radius 1 is 1.27 bits per heavy atom. The molecule has 1 saturated heterocycles. The molecule has 1 aliphatic heterocycles. The first-order valence-corrected chi connectivity index (χ1v) is 9.92. The normalized spacial score (nSPS) is 16.5. The van der Waals surface area contributed by atoms with E-state index in [-0.39, 0.29) is 6.04 Å². The molecule has 0 spiro atoms. The quantitative estimate of drug-likeness (QED) is 0.526. The average molecular weight is 405 g/mol. The largest absolute Gasteiger partial charge is 0.475 e. The van der Waals surface area contributed by atoms with E-state index in [0.717, 1.165) is 31.5 Å². The van der Waals surface area contributed by atoms with Crippen molar-refractivity contribution in [1.82, 2.24) is 20.0 Å². The highest BCUT2D eigenvalue weighted by molar-refractivity contribution is 5.60. The third-order valence-electron chi connectivity index (χ3n) is 5.07. The summed E-state index contributed by atoms with van der Waals surface area (Å²) in [5, 5.41) is 13.3. The van der Waals surface area contributed by atoms with Crippen molar-refractivity contribution < 1.29 is 14.0 Å². The molecule has 1 fully saturated rings. The number of pyridine rings is 1. The minimum Gasteiger partial charge on any atom is -0.475 e. The van der Waals surface area contributed by atoms with Crippen molar-refractivity contribution >= 4 is 0 Å². The van der Waals surface area contributed by atoms with Gasteiger partial charge >= 0.3 is 0 Å². The van der Waals surface area contributed by atoms with Crippen LogP contribution in [0.3, 0.4) is 0 Å². The molecule has 8 heteroatoms. The Hall–Kier alpha value is -3.28. The highest BCUT2D eigenvalue weighted by atomic mass is 16.5. The van der Waals surface area contributed by atoms with Gasteiger partial charge in [-0.1, -0.05) is 17.3 Å². The summed E-state index contributed by atoms with van der Waals surface area (Å²) >= 11 is 0. The zero-order valence-electron chi connectivity index (χ0n) is 16.8. The third-order valence-corrected chi connectivity index (χ3v) is 5.07. The minimum atomic E-state index is 0.0477. The summed E-state index contributed by atoms with van der Waals surface area (Å²) in [6.45, 7) is 2.54. The molecule has 154 valence electrons. The second-order valence-corrected chi connectivity index (χ2v) is 7.09. The number of hydrogen-bond acceptors (Lipinski definition) is 8. The average Bonchev–Trinajstić information content (AvgIpc) is 3.44. The first-order chi connectivity index (χ1) is 14.8. The highest BCUT2D eigenvalue weighted by Crippen LogP contribution is 2.34. The zero-order chi connectivity index (χ0) is 20.8. The predicted octanol–water partition coefficient (Wildman–Crippen LogP) is 3.37. The Kier molecular flexibility index (Phi) is 6.32. The van der Waals surface area contributed by atoms with Gasteiger partial charge in [-0.05, 0) is 49.2 Å². The van der Waals surface area contributed by atoms with E-state index < -0.39 is 0 Å². The van der Waals surface area contributed by atoms with Crippen molar-refractivity contribution in [3.8, 4) is 23.3 Å². The molecule has 0 radical (unpaired) electrons. The molecule has 0 amide bonds. The molecule has 0 unspecified atom stereocenters. The molecule has 2 aromatic heterocycles. The van der Waals surface area contributed by atoms with Gasteiger partial charge < -0.3 is 14.0 Å². The van der Waals surface area contributed by atoms with Crippen LogP contribution in [0.25, 0.3) is 11.4 Å². The van der Waals surface area contributed by atoms with E-state index >= 15 is 0 Å². The van der Waals surface area contributed by atoms with Crippen LogP contribution < -0.4 is 4.74 Å². The second kappa shape index (κ2) is 9.48. The van der Waals surface area contributed by atoms with Gasteiger partial charge in [0.05, 0.1) is 29.8 Å². The van der Waals surface area contributed by atoms with E-state index in [1.54, 1.807) is 13.3 Å². The molecule has 1 atom stereocenters. The molecule has 3 aromatic rings. The molecule has 3 heterocycles. The van der Waals surface area contributed by atoms with Crippen LogP contribution in [0.15, 0.2) is 47.1 Å². The summed E-state index contributed by atoms with van der Waals surface area (Å²) in [4.78, 5) is 11.3. The van der Waals surface area contributed by atoms with Crippen LogP contribution >= 0.6 is 0 Å². The SMILES string of the molecule is COCCOc1ncccc1-c1noc([C@H]2CCCN2Cc2cccc(C#N)c2)n1. The molecule has 1 aromatic carbocycles. The molecule has 8 nitrogen and oxygen atoms in total. The lowest BCUT2D eigenvalue weighted by Crippen LogP contribution is -2.23. The first kappa shape index (κ1) is 20.0. The van der Waals surface area contributed by atoms with Crippen LogP contribution in [-0.2, 0) is 11.3 Å². The summed E-state index contributed by atoms with van der Waals surface area (Å²) < 4.78 is 16.4. The van der Waals surface area contributed by atoms with Crippen LogP contribution in [-0.4, -0.2) is 46.9 Å². The van der Waals surface area contributed by atoms with Gasteiger partial charge in [-0.3, -0.25) is 4.90 Å². The van der Waals surface area contributed by atoms with Gasteiger partial charge in [0, 0.05) is 19.9 Å². The van der Waals surface area contributed by atoms with E-state index in [4.69, 9.17) is 19.3 Å². The Bertz CT molecular complexity index is 1030. The maximum atomic E-state index is 9.14. The molecule has 30 heavy (non-hydrogen) atoms. The summed E-state index contributed by atoms with van der Waals surface area (Å²) in [7, 11) is 1.62. The highest BCUT2D eigenvalue weighted by Gasteiger charge is 2.31. The number of likely N-dealkylation sites (tertiary alicyclic amines) is 1. The van der Waals surface area contributed by atoms with Crippen LogP contribution in [0.5, 0.6) is 5.88 Å². The number of ether oxygens (including phenoxy) is 2. The van der Waals surface area contributed by atoms with Gasteiger partial charge in [0.2, 0.25) is 17.6 Å². The van der Waals surface area contributed by atoms with Gasteiger partial charge in [-0.2, -0.15) is 10.2 Å². The lowest BCUT2D eigenvalue weighted by Gasteiger charge is -2.21. The van der Waals surface area contributed by atoms with Gasteiger partial charge in [0.25, 0.3) is 0 Å². The van der Waals surface area contributed by atoms with Crippen LogP contribution in [0.4, 0.5) is 0 Å². The number of hydrogen-bond donors (Lipinski definition) is 0. The van der Waals surface area contributed by atoms with E-state index in [9.17, 15) is 0 Å². The Morgan fingerprint density at radius 3 is 3.07 bits per heavy atom. The number of aromatic nitrogens is 3. The second-order valence-electron chi connectivity index (χ2n) is 7.09. The number of nitrogens with zero attached hydrogens (tertiary/aromatic N) is 5. The number of benzene rings is 1. The summed E-state index contributed by atoms with van der Waals surface area (Å²) in [6.07, 6.45) is 3.67. The molecule has 0 N–H and O–H groups in total. The fourth-order valence-electron chi connectivity index (χ4n) is 3.65. The number of methoxy groups -OCH3 is 1. The van der Waals surface area contributed by atoms with E-state index in [0.29, 0.717) is 41.9 Å². The molecule has 1 aliphatic rings. The van der Waals surface area contributed by atoms with Crippen LogP contribution in [0, 0.1) is 11.3 Å². The van der Waals surface area contributed by atoms with Gasteiger partial charge in [-0.25, -0.2) is 4.98 Å². The fourth-order valence-corrected chi connectivity index (χ4v) is 3.65. The molecule has 0 aliphatic carbocycles. The van der Waals surface area contributed by atoms with Crippen molar-refractivity contribution in [3.63, 3.8) is 0 Å². The Labute approximate surface area is 175 Å². The Balaban J connectivity index is 1.51. The number of nitriles is 1.